The summed E-state index contributed by atoms with van der Waals surface area (Å²) >= 11 is 0. The van der Waals surface area contributed by atoms with Crippen LogP contribution < -0.4 is 15.4 Å². The van der Waals surface area contributed by atoms with E-state index in [1.807, 2.05) is 0 Å². The lowest BCUT2D eigenvalue weighted by atomic mass is 10.2. The summed E-state index contributed by atoms with van der Waals surface area (Å²) in [6, 6.07) is 9.95. The van der Waals surface area contributed by atoms with Crippen LogP contribution >= 0.6 is 0 Å². The second kappa shape index (κ2) is 8.49. The van der Waals surface area contributed by atoms with Crippen LogP contribution in [0.5, 0.6) is 5.75 Å². The average Bonchev–Trinajstić information content (AvgIpc) is 2.66. The van der Waals surface area contributed by atoms with Crippen LogP contribution in [-0.2, 0) is 14.6 Å². The zero-order chi connectivity index (χ0) is 20.0. The molecule has 0 atom stereocenters. The number of nitrogens with zero attached hydrogens (tertiary/aromatic N) is 1. The maximum absolute atomic E-state index is 12.1. The Morgan fingerprint density at radius 1 is 1.19 bits per heavy atom. The van der Waals surface area contributed by atoms with Gasteiger partial charge >= 0.3 is 0 Å². The lowest BCUT2D eigenvalue weighted by Crippen LogP contribution is -2.22. The standard InChI is InChI=1S/C17H19N3O6S/c1-3-27(24,25)14-7-4-12(5-8-14)18-11-17(21)19-15-9-6-13(20(22)23)10-16(15)26-2/h4-10,18H,3,11H2,1-2H3,(H,19,21). The first-order valence-corrected chi connectivity index (χ1v) is 9.61. The highest BCUT2D eigenvalue weighted by molar-refractivity contribution is 7.91. The predicted molar refractivity (Wildman–Crippen MR) is 101 cm³/mol. The van der Waals surface area contributed by atoms with Crippen LogP contribution in [0, 0.1) is 10.1 Å². The number of benzene rings is 2. The van der Waals surface area contributed by atoms with Crippen LogP contribution in [-0.4, -0.2) is 38.7 Å². The Hall–Kier alpha value is -3.14. The summed E-state index contributed by atoms with van der Waals surface area (Å²) in [6.45, 7) is 1.48. The molecule has 0 aliphatic carbocycles. The minimum Gasteiger partial charge on any atom is -0.494 e. The molecule has 0 heterocycles. The van der Waals surface area contributed by atoms with Gasteiger partial charge in [-0.15, -0.1) is 0 Å². The van der Waals surface area contributed by atoms with Gasteiger partial charge in [-0.05, 0) is 30.3 Å². The molecule has 2 rings (SSSR count). The topological polar surface area (TPSA) is 128 Å². The number of carbonyl (C=O) groups is 1. The number of sulfone groups is 1. The van der Waals surface area contributed by atoms with E-state index in [0.29, 0.717) is 11.4 Å². The molecule has 0 saturated heterocycles. The number of nitro benzene ring substituents is 1. The molecule has 0 spiro atoms. The van der Waals surface area contributed by atoms with Gasteiger partial charge in [-0.2, -0.15) is 0 Å². The normalized spacial score (nSPS) is 10.9. The van der Waals surface area contributed by atoms with Crippen molar-refractivity contribution >= 4 is 32.8 Å². The maximum atomic E-state index is 12.1. The maximum Gasteiger partial charge on any atom is 0.273 e. The lowest BCUT2D eigenvalue weighted by molar-refractivity contribution is -0.384. The number of non-ortho nitro benzene ring substituents is 1. The predicted octanol–water partition coefficient (Wildman–Crippen LogP) is 2.45. The van der Waals surface area contributed by atoms with Gasteiger partial charge in [-0.1, -0.05) is 6.92 Å². The molecule has 0 aliphatic heterocycles. The number of rotatable bonds is 8. The molecule has 0 unspecified atom stereocenters. The number of nitro groups is 1. The molecule has 0 aromatic heterocycles. The van der Waals surface area contributed by atoms with Crippen molar-refractivity contribution in [2.45, 2.75) is 11.8 Å². The van der Waals surface area contributed by atoms with Gasteiger partial charge in [0.1, 0.15) is 5.75 Å². The Balaban J connectivity index is 1.99. The summed E-state index contributed by atoms with van der Waals surface area (Å²) in [5.74, 6) is -0.210. The molecular formula is C17H19N3O6S. The van der Waals surface area contributed by atoms with Crippen molar-refractivity contribution in [3.05, 3.63) is 52.6 Å². The molecule has 0 saturated carbocycles. The number of methoxy groups -OCH3 is 1. The number of nitrogens with one attached hydrogen (secondary N) is 2. The van der Waals surface area contributed by atoms with Crippen molar-refractivity contribution < 1.29 is 22.9 Å². The van der Waals surface area contributed by atoms with E-state index < -0.39 is 20.7 Å². The number of anilines is 2. The van der Waals surface area contributed by atoms with E-state index in [1.165, 1.54) is 37.4 Å². The van der Waals surface area contributed by atoms with Crippen molar-refractivity contribution in [3.8, 4) is 5.75 Å². The van der Waals surface area contributed by atoms with E-state index in [9.17, 15) is 23.3 Å². The lowest BCUT2D eigenvalue weighted by Gasteiger charge is -2.11. The molecule has 0 aliphatic rings. The summed E-state index contributed by atoms with van der Waals surface area (Å²) in [5, 5.41) is 16.3. The Kier molecular flexibility index (Phi) is 6.35. The molecular weight excluding hydrogens is 374 g/mol. The zero-order valence-corrected chi connectivity index (χ0v) is 15.6. The van der Waals surface area contributed by atoms with E-state index in [-0.39, 0.29) is 28.6 Å². The fourth-order valence-electron chi connectivity index (χ4n) is 2.22. The van der Waals surface area contributed by atoms with Crippen LogP contribution in [0.1, 0.15) is 6.92 Å². The van der Waals surface area contributed by atoms with Gasteiger partial charge in [0, 0.05) is 11.8 Å². The summed E-state index contributed by atoms with van der Waals surface area (Å²) in [6.07, 6.45) is 0. The summed E-state index contributed by atoms with van der Waals surface area (Å²) in [5.41, 5.74) is 0.736. The molecule has 10 heteroatoms. The highest BCUT2D eigenvalue weighted by atomic mass is 32.2. The summed E-state index contributed by atoms with van der Waals surface area (Å²) < 4.78 is 28.6. The molecule has 144 valence electrons. The Bertz CT molecular complexity index is 942. The second-order valence-electron chi connectivity index (χ2n) is 5.47. The van der Waals surface area contributed by atoms with Crippen molar-refractivity contribution in [1.29, 1.82) is 0 Å². The first-order chi connectivity index (χ1) is 12.8. The third-order valence-corrected chi connectivity index (χ3v) is 5.47. The van der Waals surface area contributed by atoms with Crippen LogP contribution in [0.3, 0.4) is 0 Å². The molecule has 0 radical (unpaired) electrons. The third-order valence-electron chi connectivity index (χ3n) is 3.72. The second-order valence-corrected chi connectivity index (χ2v) is 7.75. The average molecular weight is 393 g/mol. The van der Waals surface area contributed by atoms with Crippen LogP contribution in [0.15, 0.2) is 47.4 Å². The van der Waals surface area contributed by atoms with E-state index in [4.69, 9.17) is 4.74 Å². The van der Waals surface area contributed by atoms with Crippen LogP contribution in [0.2, 0.25) is 0 Å². The molecule has 0 bridgehead atoms. The van der Waals surface area contributed by atoms with E-state index in [1.54, 1.807) is 19.1 Å². The number of ether oxygens (including phenoxy) is 1. The van der Waals surface area contributed by atoms with Crippen molar-refractivity contribution in [2.24, 2.45) is 0 Å². The van der Waals surface area contributed by atoms with Crippen molar-refractivity contribution in [2.75, 3.05) is 30.0 Å². The summed E-state index contributed by atoms with van der Waals surface area (Å²) in [7, 11) is -1.93. The smallest absolute Gasteiger partial charge is 0.273 e. The van der Waals surface area contributed by atoms with Gasteiger partial charge in [0.2, 0.25) is 5.91 Å². The van der Waals surface area contributed by atoms with Gasteiger partial charge in [0.05, 0.1) is 41.0 Å². The first kappa shape index (κ1) is 20.2. The summed E-state index contributed by atoms with van der Waals surface area (Å²) in [4.78, 5) is 22.5. The third kappa shape index (κ3) is 5.17. The number of hydrogen-bond donors (Lipinski definition) is 2. The number of carbonyl (C=O) groups excluding carboxylic acids is 1. The number of amides is 1. The minimum atomic E-state index is -3.27. The monoisotopic (exact) mass is 393 g/mol. The number of hydrogen-bond acceptors (Lipinski definition) is 7. The van der Waals surface area contributed by atoms with Crippen LogP contribution in [0.4, 0.5) is 17.1 Å². The van der Waals surface area contributed by atoms with Gasteiger partial charge in [0.25, 0.3) is 5.69 Å². The molecule has 0 fully saturated rings. The Labute approximate surface area is 156 Å². The van der Waals surface area contributed by atoms with Gasteiger partial charge < -0.3 is 15.4 Å². The highest BCUT2D eigenvalue weighted by Crippen LogP contribution is 2.28. The van der Waals surface area contributed by atoms with Crippen LogP contribution in [0.25, 0.3) is 0 Å². The van der Waals surface area contributed by atoms with Crippen molar-refractivity contribution in [1.82, 2.24) is 0 Å². The molecule has 1 amide bonds. The van der Waals surface area contributed by atoms with Crippen molar-refractivity contribution in [3.63, 3.8) is 0 Å². The quantitative estimate of drug-likeness (QED) is 0.521. The fourth-order valence-corrected chi connectivity index (χ4v) is 3.10. The molecule has 27 heavy (non-hydrogen) atoms. The minimum absolute atomic E-state index is 0.0131. The largest absolute Gasteiger partial charge is 0.494 e. The Morgan fingerprint density at radius 3 is 2.41 bits per heavy atom. The van der Waals surface area contributed by atoms with Gasteiger partial charge in [-0.3, -0.25) is 14.9 Å². The van der Waals surface area contributed by atoms with Gasteiger partial charge in [-0.25, -0.2) is 8.42 Å². The highest BCUT2D eigenvalue weighted by Gasteiger charge is 2.14. The molecule has 2 N–H and O–H groups in total. The fraction of sp³-hybridized carbons (Fsp3) is 0.235. The van der Waals surface area contributed by atoms with E-state index >= 15 is 0 Å². The Morgan fingerprint density at radius 2 is 1.85 bits per heavy atom. The van der Waals surface area contributed by atoms with E-state index in [2.05, 4.69) is 10.6 Å². The van der Waals surface area contributed by atoms with Gasteiger partial charge in [0.15, 0.2) is 9.84 Å². The SMILES string of the molecule is CCS(=O)(=O)c1ccc(NCC(=O)Nc2ccc([N+](=O)[O-])cc2OC)cc1. The first-order valence-electron chi connectivity index (χ1n) is 7.95. The zero-order valence-electron chi connectivity index (χ0n) is 14.8. The molecule has 9 nitrogen and oxygen atoms in total. The molecule has 2 aromatic carbocycles. The van der Waals surface area contributed by atoms with E-state index in [0.717, 1.165) is 0 Å². The molecule has 2 aromatic rings.